The van der Waals surface area contributed by atoms with Crippen LogP contribution in [0.5, 0.6) is 0 Å². The summed E-state index contributed by atoms with van der Waals surface area (Å²) < 4.78 is 24.5. The summed E-state index contributed by atoms with van der Waals surface area (Å²) in [5.41, 5.74) is 11.9. The zero-order valence-electron chi connectivity index (χ0n) is 13.4. The fourth-order valence-electron chi connectivity index (χ4n) is 2.34. The summed E-state index contributed by atoms with van der Waals surface area (Å²) in [6.07, 6.45) is 1.04. The Morgan fingerprint density at radius 2 is 1.60 bits per heavy atom. The minimum Gasteiger partial charge on any atom is -0.370 e. The molecule has 1 amide bonds. The van der Waals surface area contributed by atoms with E-state index >= 15 is 0 Å². The molecule has 132 valence electrons. The molecule has 2 aromatic carbocycles. The van der Waals surface area contributed by atoms with E-state index in [0.717, 1.165) is 6.26 Å². The summed E-state index contributed by atoms with van der Waals surface area (Å²) in [6, 6.07) is 7.54. The number of aliphatic imine (C=N–C) groups is 1. The lowest BCUT2D eigenvalue weighted by molar-refractivity contribution is 0.100. The van der Waals surface area contributed by atoms with E-state index in [-0.39, 0.29) is 10.5 Å². The van der Waals surface area contributed by atoms with Gasteiger partial charge in [0, 0.05) is 27.4 Å². The highest BCUT2D eigenvalue weighted by molar-refractivity contribution is 7.90. The average Bonchev–Trinajstić information content (AvgIpc) is 2.43. The largest absolute Gasteiger partial charge is 0.370 e. The lowest BCUT2D eigenvalue weighted by Gasteiger charge is -2.13. The standard InChI is InChI=1S/C16H15Cl2N3O3S/c1-8-3-13(9-4-10(17)6-11(18)5-9)14(25(2,23)24)7-12(8)15(22)21-16(19)20/h3-7H,1-2H3,(H4,19,20,21,22). The Kier molecular flexibility index (Phi) is 5.41. The highest BCUT2D eigenvalue weighted by Gasteiger charge is 2.20. The first-order valence-corrected chi connectivity index (χ1v) is 9.59. The van der Waals surface area contributed by atoms with Crippen molar-refractivity contribution in [2.45, 2.75) is 11.8 Å². The van der Waals surface area contributed by atoms with Crippen molar-refractivity contribution in [1.29, 1.82) is 0 Å². The summed E-state index contributed by atoms with van der Waals surface area (Å²) in [4.78, 5) is 15.5. The third-order valence-electron chi connectivity index (χ3n) is 3.36. The molecule has 2 aromatic rings. The highest BCUT2D eigenvalue weighted by atomic mass is 35.5. The Hall–Kier alpha value is -2.09. The molecule has 0 saturated carbocycles. The third kappa shape index (κ3) is 4.50. The SMILES string of the molecule is Cc1cc(-c2cc(Cl)cc(Cl)c2)c(S(C)(=O)=O)cc1C(=O)N=C(N)N. The van der Waals surface area contributed by atoms with Crippen LogP contribution in [-0.4, -0.2) is 26.5 Å². The Bertz CT molecular complexity index is 978. The monoisotopic (exact) mass is 399 g/mol. The van der Waals surface area contributed by atoms with Crippen molar-refractivity contribution >= 4 is 44.9 Å². The van der Waals surface area contributed by atoms with Crippen molar-refractivity contribution in [1.82, 2.24) is 0 Å². The van der Waals surface area contributed by atoms with E-state index in [2.05, 4.69) is 4.99 Å². The third-order valence-corrected chi connectivity index (χ3v) is 4.93. The van der Waals surface area contributed by atoms with Gasteiger partial charge >= 0.3 is 0 Å². The smallest absolute Gasteiger partial charge is 0.280 e. The number of aryl methyl sites for hydroxylation is 1. The number of benzene rings is 2. The van der Waals surface area contributed by atoms with Crippen LogP contribution in [-0.2, 0) is 9.84 Å². The molecule has 4 N–H and O–H groups in total. The zero-order chi connectivity index (χ0) is 18.9. The molecular weight excluding hydrogens is 385 g/mol. The molecule has 0 spiro atoms. The number of carbonyl (C=O) groups is 1. The van der Waals surface area contributed by atoms with Gasteiger partial charge in [0.25, 0.3) is 5.91 Å². The number of hydrogen-bond donors (Lipinski definition) is 2. The number of carbonyl (C=O) groups excluding carboxylic acids is 1. The number of nitrogens with two attached hydrogens (primary N) is 2. The molecule has 0 aliphatic carbocycles. The Balaban J connectivity index is 2.80. The molecule has 2 rings (SSSR count). The van der Waals surface area contributed by atoms with Gasteiger partial charge in [-0.05, 0) is 48.4 Å². The summed E-state index contributed by atoms with van der Waals surface area (Å²) in [6.45, 7) is 1.65. The van der Waals surface area contributed by atoms with Crippen molar-refractivity contribution in [2.75, 3.05) is 6.26 Å². The fourth-order valence-corrected chi connectivity index (χ4v) is 3.77. The van der Waals surface area contributed by atoms with E-state index in [9.17, 15) is 13.2 Å². The maximum Gasteiger partial charge on any atom is 0.280 e. The molecule has 0 fully saturated rings. The molecule has 0 radical (unpaired) electrons. The summed E-state index contributed by atoms with van der Waals surface area (Å²) in [7, 11) is -3.66. The van der Waals surface area contributed by atoms with Gasteiger partial charge < -0.3 is 11.5 Å². The molecule has 0 unspecified atom stereocenters. The van der Waals surface area contributed by atoms with Gasteiger partial charge in [-0.1, -0.05) is 23.2 Å². The quantitative estimate of drug-likeness (QED) is 0.607. The van der Waals surface area contributed by atoms with Gasteiger partial charge in [-0.2, -0.15) is 4.99 Å². The van der Waals surface area contributed by atoms with E-state index in [1.807, 2.05) is 0 Å². The van der Waals surface area contributed by atoms with Crippen molar-refractivity contribution in [2.24, 2.45) is 16.5 Å². The van der Waals surface area contributed by atoms with Gasteiger partial charge in [0.2, 0.25) is 0 Å². The molecule has 0 aliphatic rings. The average molecular weight is 400 g/mol. The maximum absolute atomic E-state index is 12.2. The molecule has 0 heterocycles. The van der Waals surface area contributed by atoms with Crippen LogP contribution in [0.15, 0.2) is 40.2 Å². The molecule has 0 aromatic heterocycles. The molecule has 6 nitrogen and oxygen atoms in total. The predicted molar refractivity (Wildman–Crippen MR) is 99.9 cm³/mol. The first-order valence-electron chi connectivity index (χ1n) is 6.94. The van der Waals surface area contributed by atoms with Crippen LogP contribution >= 0.6 is 23.2 Å². The number of hydrogen-bond acceptors (Lipinski definition) is 3. The number of rotatable bonds is 3. The van der Waals surface area contributed by atoms with Crippen molar-refractivity contribution in [3.63, 3.8) is 0 Å². The van der Waals surface area contributed by atoms with Crippen LogP contribution in [0.1, 0.15) is 15.9 Å². The zero-order valence-corrected chi connectivity index (χ0v) is 15.7. The number of guanidine groups is 1. The van der Waals surface area contributed by atoms with Gasteiger partial charge in [-0.25, -0.2) is 8.42 Å². The van der Waals surface area contributed by atoms with E-state index in [1.165, 1.54) is 12.1 Å². The number of sulfone groups is 1. The van der Waals surface area contributed by atoms with Crippen LogP contribution in [0, 0.1) is 6.92 Å². The molecule has 0 atom stereocenters. The van der Waals surface area contributed by atoms with Crippen molar-refractivity contribution in [3.8, 4) is 11.1 Å². The second-order valence-electron chi connectivity index (χ2n) is 5.44. The fraction of sp³-hybridized carbons (Fsp3) is 0.125. The molecule has 9 heteroatoms. The highest BCUT2D eigenvalue weighted by Crippen LogP contribution is 2.34. The van der Waals surface area contributed by atoms with E-state index in [0.29, 0.717) is 26.7 Å². The summed E-state index contributed by atoms with van der Waals surface area (Å²) in [5.74, 6) is -1.13. The van der Waals surface area contributed by atoms with Crippen LogP contribution < -0.4 is 11.5 Å². The van der Waals surface area contributed by atoms with Gasteiger partial charge in [0.05, 0.1) is 4.90 Å². The normalized spacial score (nSPS) is 11.2. The second kappa shape index (κ2) is 7.03. The van der Waals surface area contributed by atoms with Gasteiger partial charge in [-0.3, -0.25) is 4.79 Å². The number of halogens is 2. The Morgan fingerprint density at radius 1 is 1.04 bits per heavy atom. The topological polar surface area (TPSA) is 116 Å². The molecular formula is C16H15Cl2N3O3S. The summed E-state index contributed by atoms with van der Waals surface area (Å²) >= 11 is 12.0. The lowest BCUT2D eigenvalue weighted by Crippen LogP contribution is -2.24. The first-order chi connectivity index (χ1) is 11.5. The lowest BCUT2D eigenvalue weighted by atomic mass is 9.99. The summed E-state index contributed by atoms with van der Waals surface area (Å²) in [5, 5.41) is 0.723. The van der Waals surface area contributed by atoms with E-state index in [4.69, 9.17) is 34.7 Å². The van der Waals surface area contributed by atoms with E-state index < -0.39 is 21.7 Å². The van der Waals surface area contributed by atoms with Gasteiger partial charge in [0.15, 0.2) is 15.8 Å². The van der Waals surface area contributed by atoms with E-state index in [1.54, 1.807) is 25.1 Å². The van der Waals surface area contributed by atoms with Crippen LogP contribution in [0.3, 0.4) is 0 Å². The predicted octanol–water partition coefficient (Wildman–Crippen LogP) is 2.79. The molecule has 0 aliphatic heterocycles. The van der Waals surface area contributed by atoms with Crippen LogP contribution in [0.2, 0.25) is 10.0 Å². The second-order valence-corrected chi connectivity index (χ2v) is 8.29. The minimum absolute atomic E-state index is 0.0504. The molecule has 0 saturated heterocycles. The first kappa shape index (κ1) is 19.2. The minimum atomic E-state index is -3.66. The molecule has 0 bridgehead atoms. The Labute approximate surface area is 155 Å². The van der Waals surface area contributed by atoms with Gasteiger partial charge in [0.1, 0.15) is 0 Å². The Morgan fingerprint density at radius 3 is 2.08 bits per heavy atom. The van der Waals surface area contributed by atoms with Crippen molar-refractivity contribution < 1.29 is 13.2 Å². The van der Waals surface area contributed by atoms with Crippen molar-refractivity contribution in [3.05, 3.63) is 51.5 Å². The number of amides is 1. The number of nitrogens with zero attached hydrogens (tertiary/aromatic N) is 1. The van der Waals surface area contributed by atoms with Crippen LogP contribution in [0.25, 0.3) is 11.1 Å². The molecule has 25 heavy (non-hydrogen) atoms. The van der Waals surface area contributed by atoms with Crippen LogP contribution in [0.4, 0.5) is 0 Å². The maximum atomic E-state index is 12.2. The van der Waals surface area contributed by atoms with Gasteiger partial charge in [-0.15, -0.1) is 0 Å².